The molecule has 2 aromatic heterocycles. The summed E-state index contributed by atoms with van der Waals surface area (Å²) in [5.41, 5.74) is 5.21. The molecule has 5 rings (SSSR count). The fourth-order valence-corrected chi connectivity index (χ4v) is 11.7. The fraction of sp³-hybridized carbons (Fsp3) is 0.478. The molecule has 0 aliphatic carbocycles. The second kappa shape index (κ2) is 18.0. The first-order chi connectivity index (χ1) is 24.2. The third kappa shape index (κ3) is 10.9. The van der Waals surface area contributed by atoms with Crippen LogP contribution in [0.5, 0.6) is 0 Å². The molecule has 3 aromatic carbocycles. The molecule has 53 heavy (non-hydrogen) atoms. The number of aryl methyl sites for hydroxylation is 1. The Morgan fingerprint density at radius 1 is 0.849 bits per heavy atom. The summed E-state index contributed by atoms with van der Waals surface area (Å²) >= 11 is 1.93. The van der Waals surface area contributed by atoms with Crippen molar-refractivity contribution >= 4 is 74.6 Å². The van der Waals surface area contributed by atoms with Gasteiger partial charge in [-0.1, -0.05) is 129 Å². The van der Waals surface area contributed by atoms with Gasteiger partial charge in [-0.25, -0.2) is 0 Å². The van der Waals surface area contributed by atoms with Crippen molar-refractivity contribution in [3.05, 3.63) is 77.7 Å². The summed E-state index contributed by atoms with van der Waals surface area (Å²) in [5, 5.41) is 18.1. The Hall–Kier alpha value is -2.42. The first-order valence-electron chi connectivity index (χ1n) is 19.5. The van der Waals surface area contributed by atoms with Crippen LogP contribution in [0.2, 0.25) is 39.3 Å². The van der Waals surface area contributed by atoms with Crippen molar-refractivity contribution in [3.63, 3.8) is 0 Å². The minimum atomic E-state index is -1.61. The maximum Gasteiger partial charge on any atom is 0.162 e. The molecule has 0 spiro atoms. The number of hydrogen-bond donors (Lipinski definition) is 1. The Kier molecular flexibility index (Phi) is 15.3. The SMILES string of the molecule is CCC(CC)C(=O)/C=C(\O)C(CC)CC.Cc1ccc2c([Si](C)(C)C)cc(-c3ncc([Si](C)(C)C)c4c3sc3cc(CC(C)(C)C)ccc34)[c-]c2c1.[Ir]. The Bertz CT molecular complexity index is 2070. The number of allylic oxidation sites excluding steroid dienone is 2. The van der Waals surface area contributed by atoms with Crippen LogP contribution in [0.15, 0.2) is 60.5 Å². The fourth-order valence-electron chi connectivity index (χ4n) is 7.24. The van der Waals surface area contributed by atoms with Gasteiger partial charge in [0.2, 0.25) is 0 Å². The summed E-state index contributed by atoms with van der Waals surface area (Å²) < 4.78 is 2.71. The van der Waals surface area contributed by atoms with Gasteiger partial charge in [-0.3, -0.25) is 9.78 Å². The van der Waals surface area contributed by atoms with Crippen LogP contribution in [0.4, 0.5) is 0 Å². The predicted molar refractivity (Wildman–Crippen MR) is 237 cm³/mol. The van der Waals surface area contributed by atoms with E-state index >= 15 is 0 Å². The summed E-state index contributed by atoms with van der Waals surface area (Å²) in [6.45, 7) is 31.9. The number of carbonyl (C=O) groups is 1. The van der Waals surface area contributed by atoms with E-state index in [-0.39, 0.29) is 48.9 Å². The molecule has 3 nitrogen and oxygen atoms in total. The van der Waals surface area contributed by atoms with Gasteiger partial charge in [0.1, 0.15) is 0 Å². The summed E-state index contributed by atoms with van der Waals surface area (Å²) in [4.78, 5) is 16.9. The molecule has 289 valence electrons. The molecule has 0 saturated carbocycles. The average Bonchev–Trinajstić information content (AvgIpc) is 3.42. The van der Waals surface area contributed by atoms with Crippen molar-refractivity contribution in [1.29, 1.82) is 0 Å². The zero-order chi connectivity index (χ0) is 38.8. The molecule has 0 fully saturated rings. The Morgan fingerprint density at radius 2 is 1.43 bits per heavy atom. The molecule has 0 aliphatic heterocycles. The van der Waals surface area contributed by atoms with Crippen LogP contribution in [-0.4, -0.2) is 32.0 Å². The Morgan fingerprint density at radius 3 is 1.98 bits per heavy atom. The molecule has 1 radical (unpaired) electrons. The van der Waals surface area contributed by atoms with E-state index in [0.717, 1.165) is 43.4 Å². The molecule has 7 heteroatoms. The van der Waals surface area contributed by atoms with E-state index in [9.17, 15) is 9.90 Å². The van der Waals surface area contributed by atoms with E-state index in [0.29, 0.717) is 0 Å². The molecule has 0 saturated heterocycles. The van der Waals surface area contributed by atoms with Crippen LogP contribution in [0, 0.1) is 30.2 Å². The van der Waals surface area contributed by atoms with Crippen LogP contribution in [-0.2, 0) is 31.3 Å². The molecule has 5 aromatic rings. The number of aliphatic hydroxyl groups is 1. The van der Waals surface area contributed by atoms with E-state index in [2.05, 4.69) is 122 Å². The van der Waals surface area contributed by atoms with Gasteiger partial charge in [-0.2, -0.15) is 0 Å². The molecule has 2 heterocycles. The number of hydrogen-bond acceptors (Lipinski definition) is 4. The third-order valence-electron chi connectivity index (χ3n) is 10.3. The minimum absolute atomic E-state index is 0. The number of carbonyl (C=O) groups excluding carboxylic acids is 1. The number of fused-ring (bicyclic) bond motifs is 4. The number of thiophene rings is 1. The molecule has 0 amide bonds. The molecule has 1 N–H and O–H groups in total. The molecule has 0 bridgehead atoms. The number of aliphatic hydroxyl groups excluding tert-OH is 1. The van der Waals surface area contributed by atoms with Crippen LogP contribution in [0.3, 0.4) is 0 Å². The largest absolute Gasteiger partial charge is 0.512 e. The molecule has 0 atom stereocenters. The maximum atomic E-state index is 11.7. The topological polar surface area (TPSA) is 50.2 Å². The number of benzene rings is 3. The van der Waals surface area contributed by atoms with Crippen LogP contribution < -0.4 is 10.4 Å². The average molecular weight is 943 g/mol. The number of nitrogens with zero attached hydrogens (tertiary/aromatic N) is 1. The number of ketones is 1. The van der Waals surface area contributed by atoms with E-state index in [1.165, 1.54) is 58.5 Å². The van der Waals surface area contributed by atoms with Gasteiger partial charge in [-0.05, 0) is 72.0 Å². The van der Waals surface area contributed by atoms with Crippen LogP contribution in [0.1, 0.15) is 85.3 Å². The summed E-state index contributed by atoms with van der Waals surface area (Å²) in [6, 6.07) is 20.2. The monoisotopic (exact) mass is 943 g/mol. The van der Waals surface area contributed by atoms with Gasteiger partial charge in [0, 0.05) is 59.3 Å². The van der Waals surface area contributed by atoms with Crippen molar-refractivity contribution in [2.75, 3.05) is 0 Å². The number of pyridine rings is 1. The summed E-state index contributed by atoms with van der Waals surface area (Å²) in [7, 11) is -3.19. The predicted octanol–water partition coefficient (Wildman–Crippen LogP) is 12.9. The van der Waals surface area contributed by atoms with Gasteiger partial charge in [0.05, 0.1) is 21.9 Å². The molecule has 0 unspecified atom stereocenters. The van der Waals surface area contributed by atoms with Crippen molar-refractivity contribution in [2.24, 2.45) is 17.3 Å². The zero-order valence-corrected chi connectivity index (χ0v) is 40.1. The first-order valence-corrected chi connectivity index (χ1v) is 27.3. The molecular formula is C46H64IrNO2SSi2-. The quantitative estimate of drug-likeness (QED) is 0.0621. The smallest absolute Gasteiger partial charge is 0.162 e. The summed E-state index contributed by atoms with van der Waals surface area (Å²) in [5.74, 6) is 0.547. The first kappa shape index (κ1) is 45.0. The van der Waals surface area contributed by atoms with Gasteiger partial charge in [0.15, 0.2) is 5.78 Å². The molecular weight excluding hydrogens is 879 g/mol. The number of aromatic nitrogens is 1. The number of rotatable bonds is 11. The third-order valence-corrected chi connectivity index (χ3v) is 15.5. The van der Waals surface area contributed by atoms with E-state index in [4.69, 9.17) is 4.98 Å². The van der Waals surface area contributed by atoms with Crippen molar-refractivity contribution < 1.29 is 30.0 Å². The van der Waals surface area contributed by atoms with Gasteiger partial charge in [-0.15, -0.1) is 40.1 Å². The van der Waals surface area contributed by atoms with Gasteiger partial charge >= 0.3 is 0 Å². The summed E-state index contributed by atoms with van der Waals surface area (Å²) in [6.07, 6.45) is 8.19. The minimum Gasteiger partial charge on any atom is -0.512 e. The second-order valence-corrected chi connectivity index (χ2v) is 29.2. The normalized spacial score (nSPS) is 12.8. The zero-order valence-electron chi connectivity index (χ0n) is 34.9. The van der Waals surface area contributed by atoms with Crippen LogP contribution >= 0.6 is 11.3 Å². The standard InChI is InChI=1S/C33H40NSSi2.C13H24O2.Ir/c1-21-11-13-25-23(15-21)17-24(18-28(25)36(5,6)7)31-32-30(29(20-34-31)37(8,9)10)26-14-12-22(16-27(26)35-32)19-33(2,3)4;1-5-10(6-2)12(14)9-13(15)11(7-3)8-4;/h11-16,18,20H,19H2,1-10H3;9-11,14H,5-8H2,1-4H3;/q-1;;/b;12-9-;. The maximum absolute atomic E-state index is 11.7. The Labute approximate surface area is 340 Å². The van der Waals surface area contributed by atoms with E-state index < -0.39 is 16.1 Å². The van der Waals surface area contributed by atoms with Gasteiger partial charge in [0.25, 0.3) is 0 Å². The van der Waals surface area contributed by atoms with E-state index in [1.807, 2.05) is 39.0 Å². The Balaban J connectivity index is 0.000000403. The molecule has 0 aliphatic rings. The van der Waals surface area contributed by atoms with Gasteiger partial charge < -0.3 is 5.11 Å². The van der Waals surface area contributed by atoms with Crippen molar-refractivity contribution in [3.8, 4) is 11.3 Å². The van der Waals surface area contributed by atoms with Crippen molar-refractivity contribution in [2.45, 2.75) is 127 Å². The van der Waals surface area contributed by atoms with E-state index in [1.54, 1.807) is 0 Å². The van der Waals surface area contributed by atoms with Crippen LogP contribution in [0.25, 0.3) is 42.2 Å². The second-order valence-electron chi connectivity index (χ2n) is 18.0. The van der Waals surface area contributed by atoms with Crippen molar-refractivity contribution in [1.82, 2.24) is 4.98 Å².